The van der Waals surface area contributed by atoms with Gasteiger partial charge in [-0.05, 0) is 56.1 Å². The number of aromatic nitrogens is 1. The van der Waals surface area contributed by atoms with Gasteiger partial charge in [0.2, 0.25) is 0 Å². The Hall–Kier alpha value is -1.54. The lowest BCUT2D eigenvalue weighted by Gasteiger charge is -2.11. The Balaban J connectivity index is 2.21. The van der Waals surface area contributed by atoms with Crippen molar-refractivity contribution in [3.8, 4) is 0 Å². The maximum atomic E-state index is 3.27. The van der Waals surface area contributed by atoms with Gasteiger partial charge in [-0.1, -0.05) is 18.2 Å². The third-order valence-corrected chi connectivity index (χ3v) is 3.69. The number of benzene rings is 1. The van der Waals surface area contributed by atoms with Gasteiger partial charge in [0.05, 0.1) is 0 Å². The molecule has 18 heavy (non-hydrogen) atoms. The highest BCUT2D eigenvalue weighted by Crippen LogP contribution is 2.17. The molecule has 2 rings (SSSR count). The summed E-state index contributed by atoms with van der Waals surface area (Å²) >= 11 is 0. The molecule has 0 aliphatic rings. The molecule has 0 aliphatic heterocycles. The van der Waals surface area contributed by atoms with Crippen molar-refractivity contribution in [2.24, 2.45) is 0 Å². The standard InChI is InChI=1S/C16H22N2/c1-12-6-5-7-13(2)16(12)11-18-9-8-15(10-18)14(3)17-4/h5-10,14,17H,11H2,1-4H3. The van der Waals surface area contributed by atoms with Gasteiger partial charge < -0.3 is 9.88 Å². The number of rotatable bonds is 4. The summed E-state index contributed by atoms with van der Waals surface area (Å²) in [5, 5.41) is 3.27. The minimum absolute atomic E-state index is 0.407. The molecule has 0 saturated heterocycles. The Morgan fingerprint density at radius 1 is 1.17 bits per heavy atom. The van der Waals surface area contributed by atoms with Crippen molar-refractivity contribution in [3.63, 3.8) is 0 Å². The van der Waals surface area contributed by atoms with Crippen molar-refractivity contribution in [2.75, 3.05) is 7.05 Å². The lowest BCUT2D eigenvalue weighted by molar-refractivity contribution is 0.649. The van der Waals surface area contributed by atoms with Gasteiger partial charge in [0, 0.05) is 25.0 Å². The van der Waals surface area contributed by atoms with E-state index in [1.807, 2.05) is 7.05 Å². The zero-order valence-electron chi connectivity index (χ0n) is 11.7. The van der Waals surface area contributed by atoms with Gasteiger partial charge in [-0.15, -0.1) is 0 Å². The van der Waals surface area contributed by atoms with Crippen molar-refractivity contribution >= 4 is 0 Å². The van der Waals surface area contributed by atoms with Crippen molar-refractivity contribution in [1.29, 1.82) is 0 Å². The van der Waals surface area contributed by atoms with Gasteiger partial charge in [-0.3, -0.25) is 0 Å². The monoisotopic (exact) mass is 242 g/mol. The van der Waals surface area contributed by atoms with E-state index in [0.717, 1.165) is 6.54 Å². The van der Waals surface area contributed by atoms with Gasteiger partial charge in [0.1, 0.15) is 0 Å². The van der Waals surface area contributed by atoms with Crippen LogP contribution in [-0.2, 0) is 6.54 Å². The molecule has 2 aromatic rings. The van der Waals surface area contributed by atoms with E-state index in [0.29, 0.717) is 6.04 Å². The molecule has 1 aromatic heterocycles. The molecule has 1 aromatic carbocycles. The van der Waals surface area contributed by atoms with Crippen LogP contribution in [0.15, 0.2) is 36.7 Å². The van der Waals surface area contributed by atoms with E-state index in [9.17, 15) is 0 Å². The molecule has 1 N–H and O–H groups in total. The second kappa shape index (κ2) is 5.40. The molecule has 0 bridgehead atoms. The minimum Gasteiger partial charge on any atom is -0.350 e. The van der Waals surface area contributed by atoms with Crippen LogP contribution >= 0.6 is 0 Å². The molecular weight excluding hydrogens is 220 g/mol. The molecular formula is C16H22N2. The maximum absolute atomic E-state index is 3.27. The lowest BCUT2D eigenvalue weighted by atomic mass is 10.0. The Morgan fingerprint density at radius 2 is 1.83 bits per heavy atom. The summed E-state index contributed by atoms with van der Waals surface area (Å²) in [7, 11) is 1.99. The van der Waals surface area contributed by atoms with Crippen LogP contribution in [0.2, 0.25) is 0 Å². The zero-order chi connectivity index (χ0) is 13.1. The molecule has 1 atom stereocenters. The van der Waals surface area contributed by atoms with E-state index in [4.69, 9.17) is 0 Å². The molecule has 2 nitrogen and oxygen atoms in total. The molecule has 0 saturated carbocycles. The van der Waals surface area contributed by atoms with Gasteiger partial charge >= 0.3 is 0 Å². The summed E-state index contributed by atoms with van der Waals surface area (Å²) in [4.78, 5) is 0. The third-order valence-electron chi connectivity index (χ3n) is 3.69. The molecule has 0 fully saturated rings. The first-order chi connectivity index (χ1) is 8.61. The van der Waals surface area contributed by atoms with E-state index in [2.05, 4.69) is 67.3 Å². The molecule has 0 aliphatic carbocycles. The summed E-state index contributed by atoms with van der Waals surface area (Å²) < 4.78 is 2.26. The second-order valence-electron chi connectivity index (χ2n) is 5.00. The van der Waals surface area contributed by atoms with Crippen molar-refractivity contribution in [3.05, 3.63) is 58.9 Å². The Labute approximate surface area is 110 Å². The predicted octanol–water partition coefficient (Wildman–Crippen LogP) is 3.43. The minimum atomic E-state index is 0.407. The Morgan fingerprint density at radius 3 is 2.44 bits per heavy atom. The molecule has 0 amide bonds. The van der Waals surface area contributed by atoms with Crippen LogP contribution < -0.4 is 5.32 Å². The van der Waals surface area contributed by atoms with E-state index in [1.54, 1.807) is 0 Å². The van der Waals surface area contributed by atoms with Crippen LogP contribution in [0.5, 0.6) is 0 Å². The molecule has 96 valence electrons. The first-order valence-electron chi connectivity index (χ1n) is 6.50. The maximum Gasteiger partial charge on any atom is 0.0475 e. The van der Waals surface area contributed by atoms with E-state index < -0.39 is 0 Å². The zero-order valence-corrected chi connectivity index (χ0v) is 11.7. The summed E-state index contributed by atoms with van der Waals surface area (Å²) in [6, 6.07) is 9.09. The Kier molecular flexibility index (Phi) is 3.87. The van der Waals surface area contributed by atoms with Gasteiger partial charge in [0.15, 0.2) is 0 Å². The largest absolute Gasteiger partial charge is 0.350 e. The smallest absolute Gasteiger partial charge is 0.0475 e. The summed E-state index contributed by atoms with van der Waals surface area (Å²) in [6.45, 7) is 7.50. The predicted molar refractivity (Wildman–Crippen MR) is 76.9 cm³/mol. The van der Waals surface area contributed by atoms with Crippen LogP contribution in [0, 0.1) is 13.8 Å². The first kappa shape index (κ1) is 12.9. The number of hydrogen-bond acceptors (Lipinski definition) is 1. The van der Waals surface area contributed by atoms with Crippen LogP contribution in [-0.4, -0.2) is 11.6 Å². The average Bonchev–Trinajstić information content (AvgIpc) is 2.81. The van der Waals surface area contributed by atoms with Gasteiger partial charge in [0.25, 0.3) is 0 Å². The SMILES string of the molecule is CNC(C)c1ccn(Cc2c(C)cccc2C)c1. The van der Waals surface area contributed by atoms with Gasteiger partial charge in [-0.25, -0.2) is 0 Å². The van der Waals surface area contributed by atoms with Crippen molar-refractivity contribution in [1.82, 2.24) is 9.88 Å². The summed E-state index contributed by atoms with van der Waals surface area (Å²) in [6.07, 6.45) is 4.39. The normalized spacial score (nSPS) is 12.7. The summed E-state index contributed by atoms with van der Waals surface area (Å²) in [5.41, 5.74) is 5.50. The quantitative estimate of drug-likeness (QED) is 0.869. The number of aryl methyl sites for hydroxylation is 2. The van der Waals surface area contributed by atoms with Crippen molar-refractivity contribution < 1.29 is 0 Å². The highest BCUT2D eigenvalue weighted by atomic mass is 14.9. The van der Waals surface area contributed by atoms with Crippen LogP contribution in [0.1, 0.15) is 35.2 Å². The number of nitrogens with one attached hydrogen (secondary N) is 1. The van der Waals surface area contributed by atoms with Crippen LogP contribution in [0.3, 0.4) is 0 Å². The number of hydrogen-bond donors (Lipinski definition) is 1. The fourth-order valence-electron chi connectivity index (χ4n) is 2.26. The molecule has 1 unspecified atom stereocenters. The van der Waals surface area contributed by atoms with Crippen LogP contribution in [0.4, 0.5) is 0 Å². The Bertz CT molecular complexity index is 505. The topological polar surface area (TPSA) is 17.0 Å². The second-order valence-corrected chi connectivity index (χ2v) is 5.00. The van der Waals surface area contributed by atoms with E-state index >= 15 is 0 Å². The summed E-state index contributed by atoms with van der Waals surface area (Å²) in [5.74, 6) is 0. The molecule has 1 heterocycles. The van der Waals surface area contributed by atoms with E-state index in [1.165, 1.54) is 22.3 Å². The van der Waals surface area contributed by atoms with Crippen LogP contribution in [0.25, 0.3) is 0 Å². The highest BCUT2D eigenvalue weighted by molar-refractivity contribution is 5.34. The lowest BCUT2D eigenvalue weighted by Crippen LogP contribution is -2.11. The highest BCUT2D eigenvalue weighted by Gasteiger charge is 2.06. The molecule has 0 radical (unpaired) electrons. The van der Waals surface area contributed by atoms with Crippen molar-refractivity contribution in [2.45, 2.75) is 33.4 Å². The molecule has 0 spiro atoms. The first-order valence-corrected chi connectivity index (χ1v) is 6.50. The molecule has 2 heteroatoms. The van der Waals surface area contributed by atoms with Gasteiger partial charge in [-0.2, -0.15) is 0 Å². The fourth-order valence-corrected chi connectivity index (χ4v) is 2.26. The van der Waals surface area contributed by atoms with E-state index in [-0.39, 0.29) is 0 Å². The third kappa shape index (κ3) is 2.65. The fraction of sp³-hybridized carbons (Fsp3) is 0.375. The number of nitrogens with zero attached hydrogens (tertiary/aromatic N) is 1. The average molecular weight is 242 g/mol.